The minimum atomic E-state index is -0.247. The monoisotopic (exact) mass is 307 g/mol. The van der Waals surface area contributed by atoms with Gasteiger partial charge in [-0.15, -0.1) is 0 Å². The number of benzene rings is 2. The first-order valence-corrected chi connectivity index (χ1v) is 7.79. The van der Waals surface area contributed by atoms with Gasteiger partial charge in [0.2, 0.25) is 0 Å². The van der Waals surface area contributed by atoms with Crippen molar-refractivity contribution < 1.29 is 9.59 Å². The molecule has 2 aliphatic heterocycles. The molecule has 1 N–H and O–H groups in total. The molecule has 2 aliphatic rings. The molecular weight excluding hydrogens is 290 g/mol. The Bertz CT molecular complexity index is 746. The summed E-state index contributed by atoms with van der Waals surface area (Å²) in [4.78, 5) is 28.7. The van der Waals surface area contributed by atoms with Gasteiger partial charge in [0.05, 0.1) is 16.8 Å². The zero-order valence-corrected chi connectivity index (χ0v) is 12.7. The Morgan fingerprint density at radius 3 is 2.04 bits per heavy atom. The Hall–Kier alpha value is -2.66. The summed E-state index contributed by atoms with van der Waals surface area (Å²) >= 11 is 0. The van der Waals surface area contributed by atoms with E-state index in [1.807, 2.05) is 24.3 Å². The van der Waals surface area contributed by atoms with Gasteiger partial charge in [0.25, 0.3) is 11.8 Å². The molecule has 1 fully saturated rings. The normalized spacial score (nSPS) is 17.6. The van der Waals surface area contributed by atoms with Gasteiger partial charge in [0, 0.05) is 31.9 Å². The lowest BCUT2D eigenvalue weighted by Crippen LogP contribution is -2.43. The van der Waals surface area contributed by atoms with Gasteiger partial charge in [0.15, 0.2) is 0 Å². The highest BCUT2D eigenvalue weighted by Crippen LogP contribution is 2.30. The number of hydrogen-bond acceptors (Lipinski definition) is 4. The van der Waals surface area contributed by atoms with Crippen molar-refractivity contribution in [3.63, 3.8) is 0 Å². The molecule has 5 heteroatoms. The van der Waals surface area contributed by atoms with Crippen molar-refractivity contribution in [1.29, 1.82) is 0 Å². The van der Waals surface area contributed by atoms with Crippen LogP contribution >= 0.6 is 0 Å². The van der Waals surface area contributed by atoms with Crippen LogP contribution in [0.25, 0.3) is 0 Å². The standard InChI is InChI=1S/C18H17N3O2/c22-17-15-6-1-2-7-16(15)18(23)21(17)14-5-3-4-13(12-14)20-10-8-19-9-11-20/h1-7,12,19H,8-11H2. The third kappa shape index (κ3) is 2.29. The van der Waals surface area contributed by atoms with Crippen LogP contribution in [0.2, 0.25) is 0 Å². The molecule has 2 aromatic rings. The molecule has 0 atom stereocenters. The molecule has 5 nitrogen and oxygen atoms in total. The quantitative estimate of drug-likeness (QED) is 0.861. The maximum absolute atomic E-state index is 12.6. The predicted molar refractivity (Wildman–Crippen MR) is 89.1 cm³/mol. The van der Waals surface area contributed by atoms with Gasteiger partial charge >= 0.3 is 0 Å². The zero-order valence-electron chi connectivity index (χ0n) is 12.7. The highest BCUT2D eigenvalue weighted by Gasteiger charge is 2.36. The predicted octanol–water partition coefficient (Wildman–Crippen LogP) is 1.90. The fraction of sp³-hybridized carbons (Fsp3) is 0.222. The first kappa shape index (κ1) is 14.0. The second-order valence-corrected chi connectivity index (χ2v) is 5.75. The van der Waals surface area contributed by atoms with Crippen LogP contribution in [0.5, 0.6) is 0 Å². The van der Waals surface area contributed by atoms with Crippen molar-refractivity contribution in [2.24, 2.45) is 0 Å². The van der Waals surface area contributed by atoms with Crippen molar-refractivity contribution in [1.82, 2.24) is 5.32 Å². The van der Waals surface area contributed by atoms with Crippen LogP contribution in [0.4, 0.5) is 11.4 Å². The van der Waals surface area contributed by atoms with Crippen LogP contribution in [0.3, 0.4) is 0 Å². The third-order valence-corrected chi connectivity index (χ3v) is 4.36. The molecule has 116 valence electrons. The molecule has 0 spiro atoms. The first-order valence-electron chi connectivity index (χ1n) is 7.79. The largest absolute Gasteiger partial charge is 0.369 e. The van der Waals surface area contributed by atoms with E-state index >= 15 is 0 Å². The van der Waals surface area contributed by atoms with Crippen LogP contribution in [0.15, 0.2) is 48.5 Å². The van der Waals surface area contributed by atoms with Crippen molar-refractivity contribution in [2.75, 3.05) is 36.0 Å². The Morgan fingerprint density at radius 2 is 1.39 bits per heavy atom. The lowest BCUT2D eigenvalue weighted by Gasteiger charge is -2.30. The molecule has 0 unspecified atom stereocenters. The number of hydrogen-bond donors (Lipinski definition) is 1. The molecule has 0 aromatic heterocycles. The van der Waals surface area contributed by atoms with Gasteiger partial charge in [-0.25, -0.2) is 4.90 Å². The molecule has 0 aliphatic carbocycles. The maximum Gasteiger partial charge on any atom is 0.266 e. The first-order chi connectivity index (χ1) is 11.3. The fourth-order valence-corrected chi connectivity index (χ4v) is 3.18. The molecule has 2 amide bonds. The van der Waals surface area contributed by atoms with E-state index in [-0.39, 0.29) is 11.8 Å². The SMILES string of the molecule is O=C1c2ccccc2C(=O)N1c1cccc(N2CCNCC2)c1. The number of fused-ring (bicyclic) bond motifs is 1. The Morgan fingerprint density at radius 1 is 0.783 bits per heavy atom. The van der Waals surface area contributed by atoms with E-state index in [2.05, 4.69) is 10.2 Å². The molecule has 0 bridgehead atoms. The number of nitrogens with zero attached hydrogens (tertiary/aromatic N) is 2. The van der Waals surface area contributed by atoms with Gasteiger partial charge in [-0.05, 0) is 30.3 Å². The molecule has 0 radical (unpaired) electrons. The maximum atomic E-state index is 12.6. The van der Waals surface area contributed by atoms with E-state index in [1.165, 1.54) is 4.90 Å². The summed E-state index contributed by atoms with van der Waals surface area (Å²) < 4.78 is 0. The number of piperazine rings is 1. The Kier molecular flexibility index (Phi) is 3.35. The molecular formula is C18H17N3O2. The van der Waals surface area contributed by atoms with E-state index in [1.54, 1.807) is 24.3 Å². The summed E-state index contributed by atoms with van der Waals surface area (Å²) in [6.07, 6.45) is 0. The van der Waals surface area contributed by atoms with Gasteiger partial charge in [-0.3, -0.25) is 9.59 Å². The number of nitrogens with one attached hydrogen (secondary N) is 1. The fourth-order valence-electron chi connectivity index (χ4n) is 3.18. The number of carbonyl (C=O) groups is 2. The summed E-state index contributed by atoms with van der Waals surface area (Å²) in [5.41, 5.74) is 2.63. The molecule has 2 heterocycles. The second kappa shape index (κ2) is 5.52. The minimum Gasteiger partial charge on any atom is -0.369 e. The zero-order chi connectivity index (χ0) is 15.8. The van der Waals surface area contributed by atoms with Gasteiger partial charge < -0.3 is 10.2 Å². The van der Waals surface area contributed by atoms with E-state index < -0.39 is 0 Å². The third-order valence-electron chi connectivity index (χ3n) is 4.36. The minimum absolute atomic E-state index is 0.247. The highest BCUT2D eigenvalue weighted by atomic mass is 16.2. The Balaban J connectivity index is 1.69. The topological polar surface area (TPSA) is 52.7 Å². The van der Waals surface area contributed by atoms with Gasteiger partial charge in [-0.1, -0.05) is 18.2 Å². The number of imide groups is 1. The van der Waals surface area contributed by atoms with E-state index in [0.717, 1.165) is 31.9 Å². The number of amides is 2. The molecule has 23 heavy (non-hydrogen) atoms. The molecule has 2 aromatic carbocycles. The van der Waals surface area contributed by atoms with E-state index in [4.69, 9.17) is 0 Å². The average Bonchev–Trinajstić information content (AvgIpc) is 2.87. The number of rotatable bonds is 2. The smallest absolute Gasteiger partial charge is 0.266 e. The lowest BCUT2D eigenvalue weighted by molar-refractivity contribution is 0.0926. The van der Waals surface area contributed by atoms with Crippen LogP contribution in [0.1, 0.15) is 20.7 Å². The van der Waals surface area contributed by atoms with Gasteiger partial charge in [0.1, 0.15) is 0 Å². The number of carbonyl (C=O) groups excluding carboxylic acids is 2. The van der Waals surface area contributed by atoms with Crippen LogP contribution in [0, 0.1) is 0 Å². The van der Waals surface area contributed by atoms with E-state index in [0.29, 0.717) is 16.8 Å². The summed E-state index contributed by atoms with van der Waals surface area (Å²) in [6.45, 7) is 3.73. The van der Waals surface area contributed by atoms with E-state index in [9.17, 15) is 9.59 Å². The second-order valence-electron chi connectivity index (χ2n) is 5.75. The summed E-state index contributed by atoms with van der Waals surface area (Å²) in [7, 11) is 0. The van der Waals surface area contributed by atoms with Crippen LogP contribution in [-0.2, 0) is 0 Å². The van der Waals surface area contributed by atoms with Crippen molar-refractivity contribution in [3.8, 4) is 0 Å². The van der Waals surface area contributed by atoms with Crippen molar-refractivity contribution in [3.05, 3.63) is 59.7 Å². The summed E-state index contributed by atoms with van der Waals surface area (Å²) in [5.74, 6) is -0.494. The van der Waals surface area contributed by atoms with Crippen molar-refractivity contribution >= 4 is 23.2 Å². The average molecular weight is 307 g/mol. The van der Waals surface area contributed by atoms with Gasteiger partial charge in [-0.2, -0.15) is 0 Å². The summed E-state index contributed by atoms with van der Waals surface area (Å²) in [6, 6.07) is 14.6. The number of anilines is 2. The van der Waals surface area contributed by atoms with Crippen LogP contribution < -0.4 is 15.1 Å². The van der Waals surface area contributed by atoms with Crippen LogP contribution in [-0.4, -0.2) is 38.0 Å². The lowest BCUT2D eigenvalue weighted by atomic mass is 10.1. The summed E-state index contributed by atoms with van der Waals surface area (Å²) in [5, 5.41) is 3.32. The molecule has 0 saturated carbocycles. The molecule has 1 saturated heterocycles. The Labute approximate surface area is 134 Å². The molecule has 4 rings (SSSR count). The van der Waals surface area contributed by atoms with Crippen molar-refractivity contribution in [2.45, 2.75) is 0 Å². The highest BCUT2D eigenvalue weighted by molar-refractivity contribution is 6.34.